The number of carbonyl (C=O) groups excluding carboxylic acids is 6. The van der Waals surface area contributed by atoms with Crippen LogP contribution in [0.5, 0.6) is 5.75 Å². The molecule has 2 N–H and O–H groups in total. The molecule has 0 saturated carbocycles. The molecule has 0 aliphatic carbocycles. The van der Waals surface area contributed by atoms with Crippen molar-refractivity contribution in [3.8, 4) is 5.75 Å². The molecule has 2 atom stereocenters. The van der Waals surface area contributed by atoms with E-state index in [1.807, 2.05) is 13.8 Å². The molecule has 1 heterocycles. The lowest BCUT2D eigenvalue weighted by Gasteiger charge is -2.23. The fourth-order valence-electron chi connectivity index (χ4n) is 4.62. The minimum atomic E-state index is -0.992. The number of anilines is 1. The Hall–Kier alpha value is -5.40. The Balaban J connectivity index is 1.38. The zero-order valence-electron chi connectivity index (χ0n) is 26.4. The summed E-state index contributed by atoms with van der Waals surface area (Å²) in [4.78, 5) is 84.9. The minimum absolute atomic E-state index is 0.0797. The van der Waals surface area contributed by atoms with Gasteiger partial charge in [-0.3, -0.25) is 39.0 Å². The molecule has 4 amide bonds. The van der Waals surface area contributed by atoms with Gasteiger partial charge in [-0.2, -0.15) is 0 Å². The van der Waals surface area contributed by atoms with E-state index in [-0.39, 0.29) is 66.2 Å². The monoisotopic (exact) mass is 650 g/mol. The Morgan fingerprint density at radius 2 is 1.53 bits per heavy atom. The van der Waals surface area contributed by atoms with Crippen LogP contribution in [0.15, 0.2) is 60.7 Å². The predicted octanol–water partition coefficient (Wildman–Crippen LogP) is 4.47. The van der Waals surface area contributed by atoms with Gasteiger partial charge in [-0.15, -0.1) is 0 Å². The third-order valence-electron chi connectivity index (χ3n) is 7.30. The Morgan fingerprint density at radius 1 is 0.894 bits per heavy atom. The van der Waals surface area contributed by atoms with Gasteiger partial charge in [0.1, 0.15) is 12.4 Å². The van der Waals surface area contributed by atoms with Crippen molar-refractivity contribution in [1.29, 1.82) is 0 Å². The second-order valence-corrected chi connectivity index (χ2v) is 11.4. The summed E-state index contributed by atoms with van der Waals surface area (Å²) in [6.07, 6.45) is 3.32. The van der Waals surface area contributed by atoms with Crippen LogP contribution in [0, 0.1) is 22.0 Å². The number of hydrogen-bond acceptors (Lipinski definition) is 10. The normalized spacial score (nSPS) is 13.7. The maximum atomic E-state index is 13.1. The highest BCUT2D eigenvalue weighted by Crippen LogP contribution is 2.19. The van der Waals surface area contributed by atoms with Crippen molar-refractivity contribution in [2.24, 2.45) is 11.8 Å². The molecule has 0 bridgehead atoms. The summed E-state index contributed by atoms with van der Waals surface area (Å²) < 4.78 is 10.1. The van der Waals surface area contributed by atoms with Crippen LogP contribution in [-0.4, -0.2) is 58.0 Å². The molecule has 0 aromatic heterocycles. The summed E-state index contributed by atoms with van der Waals surface area (Å²) in [5, 5.41) is 16.3. The highest BCUT2D eigenvalue weighted by Gasteiger charge is 2.27. The number of ether oxygens (including phenoxy) is 2. The lowest BCUT2D eigenvalue weighted by molar-refractivity contribution is -0.384. The molecule has 2 aromatic rings. The van der Waals surface area contributed by atoms with Gasteiger partial charge in [-0.1, -0.05) is 39.3 Å². The van der Waals surface area contributed by atoms with Gasteiger partial charge in [0.2, 0.25) is 11.8 Å². The maximum absolute atomic E-state index is 13.1. The number of ketones is 1. The lowest BCUT2D eigenvalue weighted by Crippen LogP contribution is -2.45. The van der Waals surface area contributed by atoms with E-state index >= 15 is 0 Å². The molecular weight excluding hydrogens is 612 g/mol. The SMILES string of the molecule is CC(C)[C@H](NC(=O)CCCCCN1C(=O)C=CC1=O)C(=O)C[C@@H](C)C(=O)Nc1ccc(COC(=O)Oc2ccc([N+](=O)[O-])cc2)cc1. The van der Waals surface area contributed by atoms with Crippen LogP contribution in [0.25, 0.3) is 0 Å². The predicted molar refractivity (Wildman–Crippen MR) is 169 cm³/mol. The summed E-state index contributed by atoms with van der Waals surface area (Å²) in [6.45, 7) is 5.42. The fourth-order valence-corrected chi connectivity index (χ4v) is 4.62. The second-order valence-electron chi connectivity index (χ2n) is 11.4. The first-order chi connectivity index (χ1) is 22.3. The summed E-state index contributed by atoms with van der Waals surface area (Å²) in [6, 6.07) is 10.7. The van der Waals surface area contributed by atoms with Crippen LogP contribution in [0.2, 0.25) is 0 Å². The van der Waals surface area contributed by atoms with E-state index in [1.54, 1.807) is 31.2 Å². The van der Waals surface area contributed by atoms with Crippen molar-refractivity contribution in [3.63, 3.8) is 0 Å². The van der Waals surface area contributed by atoms with Crippen molar-refractivity contribution in [2.45, 2.75) is 65.5 Å². The number of amides is 4. The summed E-state index contributed by atoms with van der Waals surface area (Å²) in [7, 11) is 0. The van der Waals surface area contributed by atoms with E-state index in [2.05, 4.69) is 10.6 Å². The number of benzene rings is 2. The van der Waals surface area contributed by atoms with Crippen LogP contribution in [0.1, 0.15) is 58.4 Å². The van der Waals surface area contributed by atoms with Crippen molar-refractivity contribution in [2.75, 3.05) is 11.9 Å². The molecule has 250 valence electrons. The largest absolute Gasteiger partial charge is 0.514 e. The number of nitrogens with zero attached hydrogens (tertiary/aromatic N) is 2. The molecule has 47 heavy (non-hydrogen) atoms. The van der Waals surface area contributed by atoms with Gasteiger partial charge in [0, 0.05) is 55.3 Å². The third kappa shape index (κ3) is 11.5. The van der Waals surface area contributed by atoms with Gasteiger partial charge in [-0.25, -0.2) is 4.79 Å². The number of non-ortho nitro benzene ring substituents is 1. The standard InChI is InChI=1S/C33H38N4O10/c1-21(2)31(35-28(39)7-5-4-6-18-36-29(40)16-17-30(36)41)27(38)19-22(3)32(42)34-24-10-8-23(9-11-24)20-46-33(43)47-26-14-12-25(13-15-26)37(44)45/h8-17,21-22,31H,4-7,18-20H2,1-3H3,(H,34,42)(H,35,39)/t22-,31+/m1/s1. The summed E-state index contributed by atoms with van der Waals surface area (Å²) in [5.74, 6) is -2.38. The Bertz CT molecular complexity index is 1480. The zero-order chi connectivity index (χ0) is 34.5. The second kappa shape index (κ2) is 17.3. The van der Waals surface area contributed by atoms with Crippen LogP contribution in [0.3, 0.4) is 0 Å². The number of unbranched alkanes of at least 4 members (excludes halogenated alkanes) is 2. The smallest absolute Gasteiger partial charge is 0.429 e. The molecule has 0 saturated heterocycles. The van der Waals surface area contributed by atoms with Crippen LogP contribution in [0.4, 0.5) is 16.2 Å². The summed E-state index contributed by atoms with van der Waals surface area (Å²) in [5.41, 5.74) is 0.932. The molecule has 0 unspecified atom stereocenters. The van der Waals surface area contributed by atoms with E-state index in [0.29, 0.717) is 37.1 Å². The number of hydrogen-bond donors (Lipinski definition) is 2. The number of nitro groups is 1. The molecule has 14 nitrogen and oxygen atoms in total. The van der Waals surface area contributed by atoms with Gasteiger partial charge >= 0.3 is 6.16 Å². The number of nitro benzene ring substituents is 1. The number of nitrogens with one attached hydrogen (secondary N) is 2. The van der Waals surface area contributed by atoms with Gasteiger partial charge in [0.15, 0.2) is 5.78 Å². The number of carbonyl (C=O) groups is 6. The first-order valence-electron chi connectivity index (χ1n) is 15.2. The minimum Gasteiger partial charge on any atom is -0.429 e. The Labute approximate surface area is 271 Å². The molecule has 3 rings (SSSR count). The van der Waals surface area contributed by atoms with Crippen LogP contribution >= 0.6 is 0 Å². The fraction of sp³-hybridized carbons (Fsp3) is 0.394. The third-order valence-corrected chi connectivity index (χ3v) is 7.30. The molecule has 2 aromatic carbocycles. The molecule has 14 heteroatoms. The van der Waals surface area contributed by atoms with E-state index in [4.69, 9.17) is 9.47 Å². The molecule has 0 radical (unpaired) electrons. The zero-order valence-corrected chi connectivity index (χ0v) is 26.4. The van der Waals surface area contributed by atoms with Crippen molar-refractivity contribution in [1.82, 2.24) is 10.2 Å². The highest BCUT2D eigenvalue weighted by molar-refractivity contribution is 6.12. The first-order valence-corrected chi connectivity index (χ1v) is 15.2. The molecular formula is C33H38N4O10. The van der Waals surface area contributed by atoms with Gasteiger partial charge < -0.3 is 20.1 Å². The van der Waals surface area contributed by atoms with E-state index < -0.39 is 23.0 Å². The first kappa shape index (κ1) is 36.1. The van der Waals surface area contributed by atoms with E-state index in [0.717, 1.165) is 4.90 Å². The highest BCUT2D eigenvalue weighted by atomic mass is 16.7. The lowest BCUT2D eigenvalue weighted by atomic mass is 9.92. The Kier molecular flexibility index (Phi) is 13.3. The Morgan fingerprint density at radius 3 is 2.13 bits per heavy atom. The van der Waals surface area contributed by atoms with Gasteiger partial charge in [-0.05, 0) is 48.6 Å². The number of Topliss-reactive ketones (excluding diaryl/α,β-unsaturated/α-hetero) is 1. The molecule has 1 aliphatic rings. The van der Waals surface area contributed by atoms with Crippen molar-refractivity contribution >= 4 is 46.9 Å². The summed E-state index contributed by atoms with van der Waals surface area (Å²) >= 11 is 0. The van der Waals surface area contributed by atoms with E-state index in [9.17, 15) is 38.9 Å². The van der Waals surface area contributed by atoms with Crippen LogP contribution in [-0.2, 0) is 35.3 Å². The molecule has 0 spiro atoms. The average Bonchev–Trinajstić information content (AvgIpc) is 3.35. The maximum Gasteiger partial charge on any atom is 0.514 e. The topological polar surface area (TPSA) is 191 Å². The molecule has 1 aliphatic heterocycles. The van der Waals surface area contributed by atoms with Crippen LogP contribution < -0.4 is 15.4 Å². The van der Waals surface area contributed by atoms with Gasteiger partial charge in [0.25, 0.3) is 17.5 Å². The molecule has 0 fully saturated rings. The van der Waals surface area contributed by atoms with Crippen molar-refractivity contribution in [3.05, 3.63) is 76.4 Å². The van der Waals surface area contributed by atoms with Crippen molar-refractivity contribution < 1.29 is 43.2 Å². The number of rotatable bonds is 17. The average molecular weight is 651 g/mol. The quantitative estimate of drug-likeness (QED) is 0.0617. The number of imide groups is 1. The van der Waals surface area contributed by atoms with Gasteiger partial charge in [0.05, 0.1) is 11.0 Å². The van der Waals surface area contributed by atoms with E-state index in [1.165, 1.54) is 36.4 Å².